The number of sulfonamides is 1. The molecule has 30 heavy (non-hydrogen) atoms. The van der Waals surface area contributed by atoms with Gasteiger partial charge in [-0.3, -0.25) is 14.5 Å². The standard InChI is InChI=1S/C22H27N3O4S/c1-15(2)20-10-9-18(12-16(20)3)29-14-22(26)24-17-6-4-7-19(13-17)30(27,28)25-21-8-5-11-23-21/h4,6-7,9-10,12-13,15H,5,8,11,14H2,1-3H3,(H,23,25)(H,24,26). The van der Waals surface area contributed by atoms with Gasteiger partial charge in [-0.05, 0) is 60.7 Å². The average Bonchev–Trinajstić information content (AvgIpc) is 3.18. The maximum atomic E-state index is 12.5. The van der Waals surface area contributed by atoms with Crippen molar-refractivity contribution in [3.05, 3.63) is 53.6 Å². The van der Waals surface area contributed by atoms with Crippen LogP contribution in [0.5, 0.6) is 5.75 Å². The number of benzene rings is 2. The number of rotatable bonds is 7. The zero-order chi connectivity index (χ0) is 21.7. The van der Waals surface area contributed by atoms with Gasteiger partial charge in [0.2, 0.25) is 0 Å². The SMILES string of the molecule is Cc1cc(OCC(=O)Nc2cccc(S(=O)(=O)NC3=NCCC3)c2)ccc1C(C)C. The summed E-state index contributed by atoms with van der Waals surface area (Å²) in [6, 6.07) is 11.9. The summed E-state index contributed by atoms with van der Waals surface area (Å²) in [6.07, 6.45) is 1.46. The molecule has 0 saturated carbocycles. The lowest BCUT2D eigenvalue weighted by Gasteiger charge is -2.13. The molecule has 160 valence electrons. The highest BCUT2D eigenvalue weighted by Gasteiger charge is 2.19. The largest absolute Gasteiger partial charge is 0.484 e. The van der Waals surface area contributed by atoms with Crippen LogP contribution < -0.4 is 14.8 Å². The minimum atomic E-state index is -3.74. The lowest BCUT2D eigenvalue weighted by Crippen LogP contribution is -2.29. The Balaban J connectivity index is 1.60. The van der Waals surface area contributed by atoms with Gasteiger partial charge >= 0.3 is 0 Å². The monoisotopic (exact) mass is 429 g/mol. The summed E-state index contributed by atoms with van der Waals surface area (Å²) in [5, 5.41) is 2.68. The van der Waals surface area contributed by atoms with E-state index in [1.165, 1.54) is 17.7 Å². The van der Waals surface area contributed by atoms with Crippen molar-refractivity contribution in [3.63, 3.8) is 0 Å². The number of hydrogen-bond donors (Lipinski definition) is 2. The molecule has 2 N–H and O–H groups in total. The van der Waals surface area contributed by atoms with Gasteiger partial charge in [-0.2, -0.15) is 0 Å². The summed E-state index contributed by atoms with van der Waals surface area (Å²) in [5.41, 5.74) is 2.73. The number of nitrogens with zero attached hydrogens (tertiary/aromatic N) is 1. The van der Waals surface area contributed by atoms with Crippen molar-refractivity contribution in [2.75, 3.05) is 18.5 Å². The van der Waals surface area contributed by atoms with Gasteiger partial charge in [-0.15, -0.1) is 0 Å². The van der Waals surface area contributed by atoms with Gasteiger partial charge in [0.15, 0.2) is 6.61 Å². The molecule has 0 radical (unpaired) electrons. The van der Waals surface area contributed by atoms with E-state index in [1.54, 1.807) is 12.1 Å². The molecule has 3 rings (SSSR count). The third kappa shape index (κ3) is 5.60. The molecule has 0 saturated heterocycles. The van der Waals surface area contributed by atoms with Crippen molar-refractivity contribution < 1.29 is 17.9 Å². The van der Waals surface area contributed by atoms with Crippen LogP contribution >= 0.6 is 0 Å². The third-order valence-electron chi connectivity index (χ3n) is 4.79. The summed E-state index contributed by atoms with van der Waals surface area (Å²) in [5.74, 6) is 1.13. The topological polar surface area (TPSA) is 96.9 Å². The first kappa shape index (κ1) is 21.8. The Morgan fingerprint density at radius 1 is 1.20 bits per heavy atom. The highest BCUT2D eigenvalue weighted by molar-refractivity contribution is 7.90. The number of aryl methyl sites for hydroxylation is 1. The second kappa shape index (κ2) is 9.30. The molecule has 0 unspecified atom stereocenters. The van der Waals surface area contributed by atoms with Crippen LogP contribution in [0.2, 0.25) is 0 Å². The molecule has 0 aliphatic carbocycles. The summed E-state index contributed by atoms with van der Waals surface area (Å²) in [7, 11) is -3.74. The number of carbonyl (C=O) groups is 1. The van der Waals surface area contributed by atoms with E-state index in [1.807, 2.05) is 25.1 Å². The Bertz CT molecular complexity index is 1060. The number of carbonyl (C=O) groups excluding carboxylic acids is 1. The van der Waals surface area contributed by atoms with Crippen molar-refractivity contribution in [2.45, 2.75) is 44.4 Å². The summed E-state index contributed by atoms with van der Waals surface area (Å²) < 4.78 is 33.1. The van der Waals surface area contributed by atoms with Crippen molar-refractivity contribution >= 4 is 27.5 Å². The first-order valence-corrected chi connectivity index (χ1v) is 11.4. The fourth-order valence-electron chi connectivity index (χ4n) is 3.31. The molecule has 8 heteroatoms. The number of anilines is 1. The Morgan fingerprint density at radius 3 is 2.67 bits per heavy atom. The molecule has 1 heterocycles. The zero-order valence-electron chi connectivity index (χ0n) is 17.4. The van der Waals surface area contributed by atoms with E-state index < -0.39 is 10.0 Å². The Hall–Kier alpha value is -2.87. The van der Waals surface area contributed by atoms with Gasteiger partial charge in [0, 0.05) is 18.7 Å². The summed E-state index contributed by atoms with van der Waals surface area (Å²) >= 11 is 0. The maximum absolute atomic E-state index is 12.5. The Kier molecular flexibility index (Phi) is 6.77. The van der Waals surface area contributed by atoms with Crippen LogP contribution in [0.25, 0.3) is 0 Å². The maximum Gasteiger partial charge on any atom is 0.262 e. The Morgan fingerprint density at radius 2 is 2.00 bits per heavy atom. The smallest absolute Gasteiger partial charge is 0.262 e. The second-order valence-electron chi connectivity index (χ2n) is 7.58. The quantitative estimate of drug-likeness (QED) is 0.703. The minimum absolute atomic E-state index is 0.0655. The first-order valence-electron chi connectivity index (χ1n) is 9.94. The predicted octanol–water partition coefficient (Wildman–Crippen LogP) is 3.61. The van der Waals surface area contributed by atoms with Gasteiger partial charge in [0.25, 0.3) is 15.9 Å². The summed E-state index contributed by atoms with van der Waals surface area (Å²) in [4.78, 5) is 16.5. The van der Waals surface area contributed by atoms with Crippen LogP contribution in [0.15, 0.2) is 52.4 Å². The van der Waals surface area contributed by atoms with Gasteiger partial charge in [0.1, 0.15) is 11.6 Å². The summed E-state index contributed by atoms with van der Waals surface area (Å²) in [6.45, 7) is 6.72. The van der Waals surface area contributed by atoms with Crippen molar-refractivity contribution in [1.82, 2.24) is 4.72 Å². The molecule has 2 aromatic rings. The molecular weight excluding hydrogens is 402 g/mol. The van der Waals surface area contributed by atoms with Crippen LogP contribution in [-0.2, 0) is 14.8 Å². The number of hydrogen-bond acceptors (Lipinski definition) is 5. The Labute approximate surface area is 177 Å². The van der Waals surface area contributed by atoms with E-state index in [2.05, 4.69) is 28.9 Å². The fourth-order valence-corrected chi connectivity index (χ4v) is 4.44. The van der Waals surface area contributed by atoms with Crippen LogP contribution in [-0.4, -0.2) is 33.3 Å². The lowest BCUT2D eigenvalue weighted by atomic mass is 9.98. The lowest BCUT2D eigenvalue weighted by molar-refractivity contribution is -0.118. The molecule has 0 atom stereocenters. The van der Waals surface area contributed by atoms with E-state index in [9.17, 15) is 13.2 Å². The molecule has 0 aromatic heterocycles. The number of nitrogens with one attached hydrogen (secondary N) is 2. The van der Waals surface area contributed by atoms with E-state index in [0.29, 0.717) is 36.2 Å². The first-order chi connectivity index (χ1) is 14.2. The number of ether oxygens (including phenoxy) is 1. The van der Waals surface area contributed by atoms with Gasteiger partial charge in [-0.25, -0.2) is 8.42 Å². The predicted molar refractivity (Wildman–Crippen MR) is 118 cm³/mol. The normalized spacial score (nSPS) is 13.8. The molecule has 0 spiro atoms. The molecule has 7 nitrogen and oxygen atoms in total. The highest BCUT2D eigenvalue weighted by atomic mass is 32.2. The fraction of sp³-hybridized carbons (Fsp3) is 0.364. The van der Waals surface area contributed by atoms with Gasteiger partial charge in [-0.1, -0.05) is 26.0 Å². The molecule has 0 fully saturated rings. The van der Waals surface area contributed by atoms with E-state index in [-0.39, 0.29) is 17.4 Å². The van der Waals surface area contributed by atoms with Crippen LogP contribution in [0.3, 0.4) is 0 Å². The van der Waals surface area contributed by atoms with Crippen LogP contribution in [0.1, 0.15) is 43.7 Å². The molecule has 2 aromatic carbocycles. The van der Waals surface area contributed by atoms with E-state index in [4.69, 9.17) is 4.74 Å². The van der Waals surface area contributed by atoms with Crippen LogP contribution in [0.4, 0.5) is 5.69 Å². The molecular formula is C22H27N3O4S. The zero-order valence-corrected chi connectivity index (χ0v) is 18.3. The van der Waals surface area contributed by atoms with E-state index >= 15 is 0 Å². The number of amidine groups is 1. The molecule has 1 amide bonds. The average molecular weight is 430 g/mol. The molecule has 1 aliphatic heterocycles. The highest BCUT2D eigenvalue weighted by Crippen LogP contribution is 2.23. The van der Waals surface area contributed by atoms with E-state index in [0.717, 1.165) is 12.0 Å². The van der Waals surface area contributed by atoms with Crippen LogP contribution in [0, 0.1) is 6.92 Å². The van der Waals surface area contributed by atoms with Crippen molar-refractivity contribution in [1.29, 1.82) is 0 Å². The third-order valence-corrected chi connectivity index (χ3v) is 6.17. The van der Waals surface area contributed by atoms with Crippen molar-refractivity contribution in [2.24, 2.45) is 4.99 Å². The second-order valence-corrected chi connectivity index (χ2v) is 9.26. The molecule has 0 bridgehead atoms. The molecule has 1 aliphatic rings. The van der Waals surface area contributed by atoms with Crippen molar-refractivity contribution in [3.8, 4) is 5.75 Å². The minimum Gasteiger partial charge on any atom is -0.484 e. The van der Waals surface area contributed by atoms with Gasteiger partial charge in [0.05, 0.1) is 4.90 Å². The van der Waals surface area contributed by atoms with Gasteiger partial charge < -0.3 is 10.1 Å². The number of aliphatic imine (C=N–C) groups is 1. The number of amides is 1.